The number of halogens is 6. The predicted octanol–water partition coefficient (Wildman–Crippen LogP) is 13.4. The molecule has 27 heteroatoms. The van der Waals surface area contributed by atoms with Gasteiger partial charge in [-0.25, -0.2) is 9.59 Å². The van der Waals surface area contributed by atoms with Gasteiger partial charge in [-0.3, -0.25) is 38.4 Å². The van der Waals surface area contributed by atoms with Gasteiger partial charge < -0.3 is 54.0 Å². The molecule has 105 heavy (non-hydrogen) atoms. The molecule has 0 aliphatic carbocycles. The molecule has 0 aliphatic rings. The molecule has 552 valence electrons. The molecule has 8 aromatic carbocycles. The molecule has 0 fully saturated rings. The topological polar surface area (TPSA) is 300 Å². The third kappa shape index (κ3) is 21.3. The minimum atomic E-state index is -4.53. The third-order valence-electron chi connectivity index (χ3n) is 15.5. The number of carboxylic acids is 1. The van der Waals surface area contributed by atoms with Crippen molar-refractivity contribution >= 4 is 70.9 Å². The molecule has 0 spiro atoms. The van der Waals surface area contributed by atoms with Crippen molar-refractivity contribution < 1.29 is 118 Å². The van der Waals surface area contributed by atoms with Crippen LogP contribution in [0, 0.1) is 0 Å². The SMILES string of the molecule is CCOC(=O)C(CO)(C(=O)OCC)c1ccccc1.CCOC(=O)c1cc(CC(=O)O)ccc1NC(=O)c1ccccc1-c1ccc(C(F)(F)F)cc1.CCOC(=O)c1cc(CC(=O)OCC(C(=O)OCC)(C(=O)OCC)c2ccccc2)ccc1NC(=O)c1ccccc1-c1ccc(C(F)(F)F)cc1. The molecule has 8 rings (SSSR count). The number of carboxylic acid groups (broad SMARTS) is 1. The highest BCUT2D eigenvalue weighted by molar-refractivity contribution is 6.13. The molecule has 0 aliphatic heterocycles. The third-order valence-corrected chi connectivity index (χ3v) is 15.5. The van der Waals surface area contributed by atoms with Crippen molar-refractivity contribution in [3.8, 4) is 22.3 Å². The number of rotatable bonds is 27. The zero-order valence-corrected chi connectivity index (χ0v) is 57.6. The van der Waals surface area contributed by atoms with Crippen molar-refractivity contribution in [2.45, 2.75) is 77.6 Å². The highest BCUT2D eigenvalue weighted by atomic mass is 19.4. The van der Waals surface area contributed by atoms with E-state index < -0.39 is 114 Å². The second-order valence-corrected chi connectivity index (χ2v) is 22.3. The lowest BCUT2D eigenvalue weighted by molar-refractivity contribution is -0.171. The number of aliphatic hydroxyl groups is 1. The number of alkyl halides is 6. The minimum absolute atomic E-state index is 0.00146. The van der Waals surface area contributed by atoms with Gasteiger partial charge in [0, 0.05) is 11.1 Å². The zero-order chi connectivity index (χ0) is 77.1. The summed E-state index contributed by atoms with van der Waals surface area (Å²) in [5.41, 5.74) is -2.54. The number of aliphatic carboxylic acids is 1. The van der Waals surface area contributed by atoms with Crippen LogP contribution in [0.25, 0.3) is 22.3 Å². The van der Waals surface area contributed by atoms with E-state index in [2.05, 4.69) is 10.6 Å². The number of ether oxygens (including phenoxy) is 7. The second kappa shape index (κ2) is 38.3. The molecule has 21 nitrogen and oxygen atoms in total. The van der Waals surface area contributed by atoms with Gasteiger partial charge in [0.2, 0.25) is 10.8 Å². The van der Waals surface area contributed by atoms with Gasteiger partial charge in [0.1, 0.15) is 6.61 Å². The first-order chi connectivity index (χ1) is 50.1. The fourth-order valence-electron chi connectivity index (χ4n) is 10.4. The quantitative estimate of drug-likeness (QED) is 0.0161. The first kappa shape index (κ1) is 82.0. The first-order valence-corrected chi connectivity index (χ1v) is 32.6. The van der Waals surface area contributed by atoms with E-state index in [1.165, 1.54) is 84.9 Å². The van der Waals surface area contributed by atoms with Crippen LogP contribution in [-0.4, -0.2) is 123 Å². The maximum absolute atomic E-state index is 13.5. The summed E-state index contributed by atoms with van der Waals surface area (Å²) >= 11 is 0. The van der Waals surface area contributed by atoms with Crippen molar-refractivity contribution in [1.29, 1.82) is 0 Å². The fraction of sp³-hybridized carbons (Fsp3) is 0.256. The van der Waals surface area contributed by atoms with Crippen molar-refractivity contribution in [3.05, 3.63) is 250 Å². The molecular weight excluding hydrogens is 1380 g/mol. The standard InChI is InChI=1S/C39H36F3NO9.C25H20F3NO5.C14H18O5/c1-4-49-35(46)31-22-25(23-33(44)52-24-38(36(47)50-5-2,37(48)51-6-3)27-12-8-7-9-13-27)16-21-32(31)43-34(45)30-15-11-10-14-29(30)26-17-19-28(20-18-26)39(40,41)42;1-2-34-24(33)20-13-15(14-22(30)31)7-12-21(20)29-23(32)19-6-4-3-5-18(19)16-8-10-17(11-9-16)25(26,27)28;1-3-18-12(16)14(10-15,13(17)19-4-2)11-8-6-5-7-9-11/h7-22H,4-6,23-24H2,1-3H3,(H,43,45);3-13H,2,14H2,1H3,(H,29,32)(H,30,31);5-9,15H,3-4,10H2,1-2H3. The van der Waals surface area contributed by atoms with Gasteiger partial charge in [0.25, 0.3) is 11.8 Å². The van der Waals surface area contributed by atoms with Crippen molar-refractivity contribution in [2.75, 3.05) is 63.5 Å². The summed E-state index contributed by atoms with van der Waals surface area (Å²) in [5, 5.41) is 23.9. The number of nitrogens with one attached hydrogen (secondary N) is 2. The lowest BCUT2D eigenvalue weighted by Crippen LogP contribution is -2.50. The average Bonchev–Trinajstić information content (AvgIpc) is 0.787. The Balaban J connectivity index is 0.000000277. The minimum Gasteiger partial charge on any atom is -0.481 e. The molecule has 0 atom stereocenters. The van der Waals surface area contributed by atoms with E-state index in [-0.39, 0.29) is 90.8 Å². The maximum Gasteiger partial charge on any atom is 0.416 e. The maximum atomic E-state index is 13.5. The molecule has 0 unspecified atom stereocenters. The predicted molar refractivity (Wildman–Crippen MR) is 370 cm³/mol. The van der Waals surface area contributed by atoms with Crippen LogP contribution in [0.2, 0.25) is 0 Å². The Labute approximate surface area is 599 Å². The highest BCUT2D eigenvalue weighted by Crippen LogP contribution is 2.36. The van der Waals surface area contributed by atoms with Crippen molar-refractivity contribution in [1.82, 2.24) is 0 Å². The smallest absolute Gasteiger partial charge is 0.416 e. The number of carbonyl (C=O) groups is 10. The number of carbonyl (C=O) groups excluding carboxylic acids is 9. The summed E-state index contributed by atoms with van der Waals surface area (Å²) in [6.45, 7) is 8.37. The summed E-state index contributed by atoms with van der Waals surface area (Å²) in [7, 11) is 0. The van der Waals surface area contributed by atoms with Gasteiger partial charge in [-0.1, -0.05) is 133 Å². The monoisotopic (exact) mass is 1460 g/mol. The van der Waals surface area contributed by atoms with Crippen LogP contribution in [-0.2, 0) is 97.9 Å². The summed E-state index contributed by atoms with van der Waals surface area (Å²) < 4.78 is 114. The molecule has 0 saturated heterocycles. The Morgan fingerprint density at radius 2 is 0.695 bits per heavy atom. The van der Waals surface area contributed by atoms with Gasteiger partial charge >= 0.3 is 60.1 Å². The first-order valence-electron chi connectivity index (χ1n) is 32.6. The molecule has 0 bridgehead atoms. The molecule has 2 amide bonds. The van der Waals surface area contributed by atoms with Gasteiger partial charge in [-0.05, 0) is 147 Å². The molecule has 0 aromatic heterocycles. The molecule has 8 aromatic rings. The van der Waals surface area contributed by atoms with Crippen LogP contribution >= 0.6 is 0 Å². The van der Waals surface area contributed by atoms with Crippen LogP contribution < -0.4 is 10.6 Å². The largest absolute Gasteiger partial charge is 0.481 e. The van der Waals surface area contributed by atoms with E-state index in [1.807, 2.05) is 0 Å². The van der Waals surface area contributed by atoms with Crippen LogP contribution in [0.3, 0.4) is 0 Å². The Bertz CT molecular complexity index is 4320. The van der Waals surface area contributed by atoms with E-state index in [9.17, 15) is 79.4 Å². The van der Waals surface area contributed by atoms with Gasteiger partial charge in [0.15, 0.2) is 0 Å². The van der Waals surface area contributed by atoms with E-state index in [0.717, 1.165) is 24.3 Å². The van der Waals surface area contributed by atoms with E-state index >= 15 is 0 Å². The number of hydrogen-bond acceptors (Lipinski definition) is 18. The lowest BCUT2D eigenvalue weighted by atomic mass is 9.81. The van der Waals surface area contributed by atoms with Crippen LogP contribution in [0.5, 0.6) is 0 Å². The van der Waals surface area contributed by atoms with Gasteiger partial charge in [0.05, 0.1) is 92.7 Å². The zero-order valence-electron chi connectivity index (χ0n) is 57.6. The van der Waals surface area contributed by atoms with Gasteiger partial charge in [-0.15, -0.1) is 0 Å². The molecule has 4 N–H and O–H groups in total. The van der Waals surface area contributed by atoms with Gasteiger partial charge in [-0.2, -0.15) is 26.3 Å². The Morgan fingerprint density at radius 3 is 1.04 bits per heavy atom. The molecular formula is C78H74F6N2O19. The Hall–Kier alpha value is -12.0. The van der Waals surface area contributed by atoms with Crippen LogP contribution in [0.15, 0.2) is 194 Å². The number of anilines is 2. The molecule has 0 saturated carbocycles. The molecule has 0 heterocycles. The fourth-order valence-corrected chi connectivity index (χ4v) is 10.4. The summed E-state index contributed by atoms with van der Waals surface area (Å²) in [6, 6.07) is 46.0. The Morgan fingerprint density at radius 1 is 0.362 bits per heavy atom. The van der Waals surface area contributed by atoms with Crippen molar-refractivity contribution in [3.63, 3.8) is 0 Å². The normalized spacial score (nSPS) is 11.1. The number of hydrogen-bond donors (Lipinski definition) is 4. The second-order valence-electron chi connectivity index (χ2n) is 22.3. The Kier molecular flexibility index (Phi) is 29.9. The van der Waals surface area contributed by atoms with Crippen LogP contribution in [0.1, 0.15) is 116 Å². The summed E-state index contributed by atoms with van der Waals surface area (Å²) in [4.78, 5) is 127. The number of esters is 7. The number of amides is 2. The van der Waals surface area contributed by atoms with E-state index in [0.29, 0.717) is 33.4 Å². The molecule has 0 radical (unpaired) electrons. The average molecular weight is 1460 g/mol. The van der Waals surface area contributed by atoms with E-state index in [4.69, 9.17) is 38.3 Å². The summed E-state index contributed by atoms with van der Waals surface area (Å²) in [5.74, 6) is -8.28. The van der Waals surface area contributed by atoms with Crippen molar-refractivity contribution in [2.24, 2.45) is 0 Å². The number of benzene rings is 8. The lowest BCUT2D eigenvalue weighted by Gasteiger charge is -2.29. The highest BCUT2D eigenvalue weighted by Gasteiger charge is 2.53. The van der Waals surface area contributed by atoms with E-state index in [1.54, 1.807) is 126 Å². The number of aliphatic hydroxyl groups excluding tert-OH is 1. The van der Waals surface area contributed by atoms with Crippen LogP contribution in [0.4, 0.5) is 37.7 Å². The summed E-state index contributed by atoms with van der Waals surface area (Å²) in [6.07, 6.45) is -9.74.